The van der Waals surface area contributed by atoms with E-state index in [2.05, 4.69) is 10.6 Å². The molecule has 1 unspecified atom stereocenters. The van der Waals surface area contributed by atoms with Crippen LogP contribution in [0.25, 0.3) is 0 Å². The maximum atomic E-state index is 12.8. The second kappa shape index (κ2) is 12.1. The zero-order valence-electron chi connectivity index (χ0n) is 23.2. The Morgan fingerprint density at radius 2 is 1.43 bits per heavy atom. The van der Waals surface area contributed by atoms with Crippen LogP contribution in [0.5, 0.6) is 0 Å². The van der Waals surface area contributed by atoms with E-state index in [0.29, 0.717) is 5.69 Å². The number of amides is 2. The third-order valence-electron chi connectivity index (χ3n) is 5.31. The molecule has 8 heteroatoms. The van der Waals surface area contributed by atoms with Gasteiger partial charge in [0.1, 0.15) is 17.8 Å². The molecule has 2 amide bonds. The van der Waals surface area contributed by atoms with E-state index in [0.717, 1.165) is 16.7 Å². The van der Waals surface area contributed by atoms with E-state index < -0.39 is 28.8 Å². The van der Waals surface area contributed by atoms with Gasteiger partial charge in [-0.05, 0) is 77.3 Å². The molecule has 0 fully saturated rings. The minimum absolute atomic E-state index is 0.0345. The lowest BCUT2D eigenvalue weighted by Gasteiger charge is -2.33. The van der Waals surface area contributed by atoms with E-state index in [9.17, 15) is 14.4 Å². The SMILES string of the molecule is Cc1cc(NC(=O)OCc2ccccc2)ccc1C(C)(CNC(=O)OC(C)(C)C)CC(=O)OC(C)(C)C. The second-order valence-electron chi connectivity index (χ2n) is 11.4. The first-order valence-electron chi connectivity index (χ1n) is 12.3. The highest BCUT2D eigenvalue weighted by Gasteiger charge is 2.34. The molecule has 202 valence electrons. The number of nitrogens with one attached hydrogen (secondary N) is 2. The Hall–Kier alpha value is -3.55. The maximum Gasteiger partial charge on any atom is 0.411 e. The Balaban J connectivity index is 2.18. The summed E-state index contributed by atoms with van der Waals surface area (Å²) >= 11 is 0. The van der Waals surface area contributed by atoms with Gasteiger partial charge in [-0.3, -0.25) is 10.1 Å². The quantitative estimate of drug-likeness (QED) is 0.320. The average Bonchev–Trinajstić information content (AvgIpc) is 2.74. The predicted molar refractivity (Wildman–Crippen MR) is 143 cm³/mol. The number of hydrogen-bond donors (Lipinski definition) is 2. The summed E-state index contributed by atoms with van der Waals surface area (Å²) in [6.07, 6.45) is -1.11. The number of benzene rings is 2. The van der Waals surface area contributed by atoms with Gasteiger partial charge in [-0.25, -0.2) is 9.59 Å². The lowest BCUT2D eigenvalue weighted by atomic mass is 9.77. The molecular formula is C29H40N2O6. The Bertz CT molecular complexity index is 1090. The first kappa shape index (κ1) is 29.7. The standard InChI is InChI=1S/C29H40N2O6/c1-20-16-22(31-26(34)35-18-21-12-10-9-11-13-21)14-15-23(20)29(8,17-24(32)36-27(2,3)4)19-30-25(33)37-28(5,6)7/h9-16H,17-19H2,1-8H3,(H,30,33)(H,31,34). The van der Waals surface area contributed by atoms with Gasteiger partial charge in [0.15, 0.2) is 0 Å². The van der Waals surface area contributed by atoms with Gasteiger partial charge in [0.25, 0.3) is 0 Å². The van der Waals surface area contributed by atoms with Gasteiger partial charge < -0.3 is 19.5 Å². The van der Waals surface area contributed by atoms with Gasteiger partial charge >= 0.3 is 18.2 Å². The van der Waals surface area contributed by atoms with Crippen LogP contribution < -0.4 is 10.6 Å². The van der Waals surface area contributed by atoms with E-state index >= 15 is 0 Å². The molecule has 0 aliphatic rings. The van der Waals surface area contributed by atoms with Crippen molar-refractivity contribution in [3.05, 3.63) is 65.2 Å². The van der Waals surface area contributed by atoms with Crippen molar-refractivity contribution in [2.75, 3.05) is 11.9 Å². The predicted octanol–water partition coefficient (Wildman–Crippen LogP) is 6.26. The Morgan fingerprint density at radius 3 is 2.00 bits per heavy atom. The van der Waals surface area contributed by atoms with Gasteiger partial charge in [0, 0.05) is 17.6 Å². The number of carbonyl (C=O) groups is 3. The molecule has 2 aromatic carbocycles. The van der Waals surface area contributed by atoms with Crippen molar-refractivity contribution < 1.29 is 28.6 Å². The zero-order valence-corrected chi connectivity index (χ0v) is 23.2. The number of ether oxygens (including phenoxy) is 3. The summed E-state index contributed by atoms with van der Waals surface area (Å²) in [5.74, 6) is -0.382. The fourth-order valence-electron chi connectivity index (χ4n) is 3.83. The minimum Gasteiger partial charge on any atom is -0.460 e. The van der Waals surface area contributed by atoms with Crippen LogP contribution in [0.3, 0.4) is 0 Å². The number of esters is 1. The molecular weight excluding hydrogens is 472 g/mol. The molecule has 0 radical (unpaired) electrons. The Morgan fingerprint density at radius 1 is 0.811 bits per heavy atom. The van der Waals surface area contributed by atoms with Crippen molar-refractivity contribution in [1.82, 2.24) is 5.32 Å². The molecule has 2 N–H and O–H groups in total. The van der Waals surface area contributed by atoms with Crippen molar-refractivity contribution in [2.45, 2.75) is 85.0 Å². The Kier molecular flexibility index (Phi) is 9.73. The summed E-state index contributed by atoms with van der Waals surface area (Å²) < 4.78 is 16.2. The lowest BCUT2D eigenvalue weighted by molar-refractivity contribution is -0.156. The highest BCUT2D eigenvalue weighted by atomic mass is 16.6. The average molecular weight is 513 g/mol. The van der Waals surface area contributed by atoms with Crippen LogP contribution >= 0.6 is 0 Å². The molecule has 1 atom stereocenters. The van der Waals surface area contributed by atoms with Crippen LogP contribution in [0.1, 0.15) is 71.6 Å². The van der Waals surface area contributed by atoms with Crippen molar-refractivity contribution in [3.8, 4) is 0 Å². The summed E-state index contributed by atoms with van der Waals surface area (Å²) in [5.41, 5.74) is 1.02. The molecule has 0 saturated heterocycles. The van der Waals surface area contributed by atoms with E-state index in [-0.39, 0.29) is 25.5 Å². The molecule has 0 aromatic heterocycles. The van der Waals surface area contributed by atoms with Crippen molar-refractivity contribution in [2.24, 2.45) is 0 Å². The van der Waals surface area contributed by atoms with Gasteiger partial charge in [-0.15, -0.1) is 0 Å². The summed E-state index contributed by atoms with van der Waals surface area (Å²) in [7, 11) is 0. The van der Waals surface area contributed by atoms with Crippen molar-refractivity contribution in [1.29, 1.82) is 0 Å². The Labute approximate surface area is 220 Å². The van der Waals surface area contributed by atoms with Crippen LogP contribution in [-0.2, 0) is 31.0 Å². The van der Waals surface area contributed by atoms with E-state index in [4.69, 9.17) is 14.2 Å². The number of aryl methyl sites for hydroxylation is 1. The highest BCUT2D eigenvalue weighted by molar-refractivity contribution is 5.85. The molecule has 0 heterocycles. The van der Waals surface area contributed by atoms with Crippen molar-refractivity contribution >= 4 is 23.8 Å². The fraction of sp³-hybridized carbons (Fsp3) is 0.483. The molecule has 0 aliphatic heterocycles. The first-order chi connectivity index (χ1) is 17.1. The van der Waals surface area contributed by atoms with E-state index in [1.165, 1.54) is 0 Å². The van der Waals surface area contributed by atoms with Crippen LogP contribution in [0.4, 0.5) is 15.3 Å². The third-order valence-corrected chi connectivity index (χ3v) is 5.31. The second-order valence-corrected chi connectivity index (χ2v) is 11.4. The summed E-state index contributed by atoms with van der Waals surface area (Å²) in [6.45, 7) is 14.9. The topological polar surface area (TPSA) is 103 Å². The fourth-order valence-corrected chi connectivity index (χ4v) is 3.83. The monoisotopic (exact) mass is 512 g/mol. The van der Waals surface area contributed by atoms with Gasteiger partial charge in [0.05, 0.1) is 6.42 Å². The molecule has 0 spiro atoms. The minimum atomic E-state index is -0.796. The van der Waals surface area contributed by atoms with Crippen LogP contribution in [0.2, 0.25) is 0 Å². The molecule has 8 nitrogen and oxygen atoms in total. The van der Waals surface area contributed by atoms with Gasteiger partial charge in [-0.2, -0.15) is 0 Å². The largest absolute Gasteiger partial charge is 0.460 e. The van der Waals surface area contributed by atoms with Gasteiger partial charge in [-0.1, -0.05) is 43.3 Å². The number of hydrogen-bond acceptors (Lipinski definition) is 6. The summed E-state index contributed by atoms with van der Waals surface area (Å²) in [6, 6.07) is 14.8. The number of anilines is 1. The van der Waals surface area contributed by atoms with Crippen LogP contribution in [0.15, 0.2) is 48.5 Å². The highest BCUT2D eigenvalue weighted by Crippen LogP contribution is 2.32. The summed E-state index contributed by atoms with van der Waals surface area (Å²) in [5, 5.41) is 5.53. The van der Waals surface area contributed by atoms with E-state index in [1.807, 2.05) is 71.0 Å². The smallest absolute Gasteiger partial charge is 0.411 e. The summed E-state index contributed by atoms with van der Waals surface area (Å²) in [4.78, 5) is 37.5. The van der Waals surface area contributed by atoms with Crippen LogP contribution in [-0.4, -0.2) is 35.9 Å². The first-order valence-corrected chi connectivity index (χ1v) is 12.3. The van der Waals surface area contributed by atoms with Crippen LogP contribution in [0, 0.1) is 6.92 Å². The zero-order chi connectivity index (χ0) is 27.9. The molecule has 37 heavy (non-hydrogen) atoms. The van der Waals surface area contributed by atoms with Crippen molar-refractivity contribution in [3.63, 3.8) is 0 Å². The number of rotatable bonds is 8. The molecule has 0 saturated carbocycles. The third kappa shape index (κ3) is 10.5. The lowest BCUT2D eigenvalue weighted by Crippen LogP contribution is -2.43. The molecule has 2 aromatic rings. The van der Waals surface area contributed by atoms with Gasteiger partial charge in [0.2, 0.25) is 0 Å². The van der Waals surface area contributed by atoms with E-state index in [1.54, 1.807) is 32.9 Å². The molecule has 0 aliphatic carbocycles. The maximum absolute atomic E-state index is 12.8. The molecule has 0 bridgehead atoms. The number of alkyl carbamates (subject to hydrolysis) is 1. The molecule has 2 rings (SSSR count). The number of carbonyl (C=O) groups excluding carboxylic acids is 3. The normalized spacial score (nSPS) is 13.2.